The number of benzene rings is 2. The van der Waals surface area contributed by atoms with Gasteiger partial charge in [-0.15, -0.1) is 11.8 Å². The molecule has 0 saturated carbocycles. The Bertz CT molecular complexity index is 684. The van der Waals surface area contributed by atoms with E-state index in [4.69, 9.17) is 11.6 Å². The highest BCUT2D eigenvalue weighted by Gasteiger charge is 2.24. The molecule has 0 nitrogen and oxygen atoms in total. The van der Waals surface area contributed by atoms with E-state index in [0.717, 1.165) is 23.4 Å². The monoisotopic (exact) mass is 350 g/mol. The minimum absolute atomic E-state index is 0.461. The molecule has 0 saturated heterocycles. The molecule has 0 amide bonds. The van der Waals surface area contributed by atoms with Gasteiger partial charge < -0.3 is 0 Å². The van der Waals surface area contributed by atoms with Gasteiger partial charge in [-0.3, -0.25) is 0 Å². The van der Waals surface area contributed by atoms with Gasteiger partial charge in [-0.1, -0.05) is 23.7 Å². The molecule has 0 atom stereocenters. The molecule has 2 aromatic carbocycles. The second-order valence-electron chi connectivity index (χ2n) is 4.22. The van der Waals surface area contributed by atoms with Crippen LogP contribution in [-0.4, -0.2) is 0 Å². The number of hydrogen-bond acceptors (Lipinski definition) is 1. The first-order chi connectivity index (χ1) is 10.4. The van der Waals surface area contributed by atoms with E-state index in [-0.39, 0.29) is 0 Å². The van der Waals surface area contributed by atoms with Crippen LogP contribution < -0.4 is 0 Å². The molecule has 0 fully saturated rings. The van der Waals surface area contributed by atoms with Crippen LogP contribution in [0.15, 0.2) is 29.7 Å². The lowest BCUT2D eigenvalue weighted by Crippen LogP contribution is -2.03. The van der Waals surface area contributed by atoms with Gasteiger partial charge in [0, 0.05) is 10.8 Å². The van der Waals surface area contributed by atoms with Crippen molar-refractivity contribution in [1.29, 1.82) is 0 Å². The maximum Gasteiger partial charge on any atom is 0.200 e. The van der Waals surface area contributed by atoms with Gasteiger partial charge in [-0.05, 0) is 29.2 Å². The van der Waals surface area contributed by atoms with Crippen molar-refractivity contribution in [3.05, 3.63) is 74.9 Å². The van der Waals surface area contributed by atoms with Gasteiger partial charge in [0.1, 0.15) is 0 Å². The van der Waals surface area contributed by atoms with E-state index >= 15 is 0 Å². The molecule has 22 heavy (non-hydrogen) atoms. The number of thioether (sulfide) groups is 1. The predicted molar refractivity (Wildman–Crippen MR) is 78.0 cm³/mol. The van der Waals surface area contributed by atoms with Crippen molar-refractivity contribution >= 4 is 29.4 Å². The maximum atomic E-state index is 13.4. The SMILES string of the molecule is Fc1c(F)c(F)c(/C=C\SCc2ccc(Cl)cc2)c(F)c1F. The molecule has 0 aromatic heterocycles. The van der Waals surface area contributed by atoms with Gasteiger partial charge in [0.25, 0.3) is 0 Å². The highest BCUT2D eigenvalue weighted by atomic mass is 35.5. The molecular weight excluding hydrogens is 343 g/mol. The normalized spacial score (nSPS) is 11.4. The van der Waals surface area contributed by atoms with E-state index in [0.29, 0.717) is 10.8 Å². The van der Waals surface area contributed by atoms with Gasteiger partial charge in [0.15, 0.2) is 23.3 Å². The summed E-state index contributed by atoms with van der Waals surface area (Å²) in [5, 5.41) is 1.85. The summed E-state index contributed by atoms with van der Waals surface area (Å²) in [7, 11) is 0. The lowest BCUT2D eigenvalue weighted by atomic mass is 10.1. The van der Waals surface area contributed by atoms with Crippen LogP contribution in [0.3, 0.4) is 0 Å². The first-order valence-electron chi connectivity index (χ1n) is 5.96. The zero-order chi connectivity index (χ0) is 16.3. The van der Waals surface area contributed by atoms with Crippen molar-refractivity contribution in [2.75, 3.05) is 0 Å². The zero-order valence-electron chi connectivity index (χ0n) is 10.8. The minimum atomic E-state index is -2.17. The summed E-state index contributed by atoms with van der Waals surface area (Å²) >= 11 is 6.87. The molecule has 0 radical (unpaired) electrons. The van der Waals surface area contributed by atoms with Crippen molar-refractivity contribution < 1.29 is 22.0 Å². The Balaban J connectivity index is 2.12. The minimum Gasteiger partial charge on any atom is -0.203 e. The van der Waals surface area contributed by atoms with Crippen molar-refractivity contribution in [1.82, 2.24) is 0 Å². The van der Waals surface area contributed by atoms with E-state index in [1.165, 1.54) is 5.41 Å². The lowest BCUT2D eigenvalue weighted by Gasteiger charge is -2.04. The number of halogens is 6. The Morgan fingerprint density at radius 1 is 0.818 bits per heavy atom. The topological polar surface area (TPSA) is 0 Å². The first-order valence-corrected chi connectivity index (χ1v) is 7.38. The molecule has 0 bridgehead atoms. The van der Waals surface area contributed by atoms with Crippen molar-refractivity contribution in [3.8, 4) is 0 Å². The molecule has 0 heterocycles. The highest BCUT2D eigenvalue weighted by Crippen LogP contribution is 2.25. The van der Waals surface area contributed by atoms with Crippen molar-refractivity contribution in [3.63, 3.8) is 0 Å². The van der Waals surface area contributed by atoms with E-state index in [9.17, 15) is 22.0 Å². The summed E-state index contributed by atoms with van der Waals surface area (Å²) in [5.41, 5.74) is -0.0588. The average molecular weight is 351 g/mol. The van der Waals surface area contributed by atoms with Crippen LogP contribution in [0, 0.1) is 29.1 Å². The molecule has 0 aliphatic carbocycles. The largest absolute Gasteiger partial charge is 0.203 e. The van der Waals surface area contributed by atoms with Crippen LogP contribution in [0.1, 0.15) is 11.1 Å². The second kappa shape index (κ2) is 7.15. The lowest BCUT2D eigenvalue weighted by molar-refractivity contribution is 0.377. The maximum absolute atomic E-state index is 13.4. The summed E-state index contributed by atoms with van der Waals surface area (Å²) in [6.45, 7) is 0. The zero-order valence-corrected chi connectivity index (χ0v) is 12.4. The Labute approximate surface area is 132 Å². The Hall–Kier alpha value is -1.53. The molecule has 0 unspecified atom stereocenters. The third-order valence-corrected chi connectivity index (χ3v) is 3.82. The van der Waals surface area contributed by atoms with Crippen LogP contribution in [-0.2, 0) is 5.75 Å². The fourth-order valence-electron chi connectivity index (χ4n) is 1.61. The fraction of sp³-hybridized carbons (Fsp3) is 0.0667. The van der Waals surface area contributed by atoms with Crippen LogP contribution in [0.4, 0.5) is 22.0 Å². The quantitative estimate of drug-likeness (QED) is 0.373. The standard InChI is InChI=1S/C15H8ClF5S/c16-9-3-1-8(2-4-9)7-22-6-5-10-11(17)13(19)15(21)14(20)12(10)18/h1-6H,7H2/b6-5-. The highest BCUT2D eigenvalue weighted by molar-refractivity contribution is 8.01. The molecule has 0 spiro atoms. The first kappa shape index (κ1) is 16.8. The molecule has 116 valence electrons. The van der Waals surface area contributed by atoms with Gasteiger partial charge in [-0.2, -0.15) is 0 Å². The summed E-state index contributed by atoms with van der Waals surface area (Å²) in [4.78, 5) is 0. The smallest absolute Gasteiger partial charge is 0.200 e. The molecule has 0 N–H and O–H groups in total. The Kier molecular flexibility index (Phi) is 5.47. The third kappa shape index (κ3) is 3.62. The van der Waals surface area contributed by atoms with Gasteiger partial charge in [0.2, 0.25) is 5.82 Å². The van der Waals surface area contributed by atoms with E-state index in [1.807, 2.05) is 0 Å². The molecular formula is C15H8ClF5S. The van der Waals surface area contributed by atoms with Crippen molar-refractivity contribution in [2.24, 2.45) is 0 Å². The molecule has 7 heteroatoms. The summed E-state index contributed by atoms with van der Waals surface area (Å²) in [6, 6.07) is 6.90. The van der Waals surface area contributed by atoms with Crippen LogP contribution in [0.25, 0.3) is 6.08 Å². The number of hydrogen-bond donors (Lipinski definition) is 0. The predicted octanol–water partition coefficient (Wildman–Crippen LogP) is 5.94. The molecule has 2 rings (SSSR count). The Morgan fingerprint density at radius 2 is 1.32 bits per heavy atom. The average Bonchev–Trinajstić information content (AvgIpc) is 2.52. The van der Waals surface area contributed by atoms with E-state index in [2.05, 4.69) is 0 Å². The van der Waals surface area contributed by atoms with Gasteiger partial charge in [0.05, 0.1) is 5.56 Å². The van der Waals surface area contributed by atoms with Crippen LogP contribution in [0.2, 0.25) is 5.02 Å². The van der Waals surface area contributed by atoms with E-state index < -0.39 is 34.6 Å². The van der Waals surface area contributed by atoms with Crippen molar-refractivity contribution in [2.45, 2.75) is 5.75 Å². The summed E-state index contributed by atoms with van der Waals surface area (Å²) in [5.74, 6) is -9.31. The third-order valence-electron chi connectivity index (χ3n) is 2.74. The van der Waals surface area contributed by atoms with Gasteiger partial charge in [-0.25, -0.2) is 22.0 Å². The van der Waals surface area contributed by atoms with E-state index in [1.54, 1.807) is 24.3 Å². The molecule has 0 aliphatic rings. The van der Waals surface area contributed by atoms with Crippen LogP contribution in [0.5, 0.6) is 0 Å². The fourth-order valence-corrected chi connectivity index (χ4v) is 2.45. The van der Waals surface area contributed by atoms with Gasteiger partial charge >= 0.3 is 0 Å². The summed E-state index contributed by atoms with van der Waals surface area (Å²) < 4.78 is 65.7. The Morgan fingerprint density at radius 3 is 1.86 bits per heavy atom. The molecule has 2 aromatic rings. The second-order valence-corrected chi connectivity index (χ2v) is 5.55. The summed E-state index contributed by atoms with van der Waals surface area (Å²) in [6.07, 6.45) is 0.858. The molecule has 0 aliphatic heterocycles. The number of rotatable bonds is 4. The van der Waals surface area contributed by atoms with Crippen LogP contribution >= 0.6 is 23.4 Å².